The molecule has 0 N–H and O–H groups in total. The van der Waals surface area contributed by atoms with Crippen molar-refractivity contribution < 1.29 is 9.53 Å². The van der Waals surface area contributed by atoms with E-state index in [9.17, 15) is 4.79 Å². The topological polar surface area (TPSA) is 54.8 Å². The van der Waals surface area contributed by atoms with Crippen molar-refractivity contribution in [3.63, 3.8) is 0 Å². The summed E-state index contributed by atoms with van der Waals surface area (Å²) in [5, 5.41) is 6.35. The Balaban J connectivity index is 1.64. The lowest BCUT2D eigenvalue weighted by Crippen LogP contribution is -2.23. The Morgan fingerprint density at radius 1 is 1.06 bits per heavy atom. The molecule has 6 heteroatoms. The SMILES string of the molecule is CCOc1ccc(/C=N/N(C(=O)/C=C/c2ccccc2)c2nc3ccc(C)cc3s2)cc1. The largest absolute Gasteiger partial charge is 0.494 e. The minimum atomic E-state index is -0.271. The number of carbonyl (C=O) groups is 1. The quantitative estimate of drug-likeness (QED) is 0.198. The first-order valence-electron chi connectivity index (χ1n) is 10.3. The minimum absolute atomic E-state index is 0.271. The fourth-order valence-corrected chi connectivity index (χ4v) is 4.08. The van der Waals surface area contributed by atoms with Crippen molar-refractivity contribution in [3.05, 3.63) is 95.6 Å². The van der Waals surface area contributed by atoms with Crippen molar-refractivity contribution in [1.82, 2.24) is 4.98 Å². The average molecular weight is 442 g/mol. The molecule has 0 aliphatic heterocycles. The van der Waals surface area contributed by atoms with Crippen molar-refractivity contribution in [2.24, 2.45) is 5.10 Å². The predicted molar refractivity (Wildman–Crippen MR) is 133 cm³/mol. The van der Waals surface area contributed by atoms with E-state index in [4.69, 9.17) is 4.74 Å². The molecule has 32 heavy (non-hydrogen) atoms. The van der Waals surface area contributed by atoms with E-state index in [0.29, 0.717) is 11.7 Å². The second-order valence-corrected chi connectivity index (χ2v) is 8.12. The van der Waals surface area contributed by atoms with Gasteiger partial charge in [0, 0.05) is 6.08 Å². The lowest BCUT2D eigenvalue weighted by atomic mass is 10.2. The van der Waals surface area contributed by atoms with Gasteiger partial charge < -0.3 is 4.74 Å². The van der Waals surface area contributed by atoms with Gasteiger partial charge in [0.05, 0.1) is 23.0 Å². The van der Waals surface area contributed by atoms with E-state index in [2.05, 4.69) is 16.2 Å². The molecule has 3 aromatic carbocycles. The first-order valence-corrected chi connectivity index (χ1v) is 11.2. The highest BCUT2D eigenvalue weighted by atomic mass is 32.1. The third-order valence-corrected chi connectivity index (χ3v) is 5.65. The number of hydrazone groups is 1. The molecular weight excluding hydrogens is 418 g/mol. The van der Waals surface area contributed by atoms with E-state index in [1.54, 1.807) is 12.3 Å². The van der Waals surface area contributed by atoms with E-state index in [1.807, 2.05) is 80.6 Å². The highest BCUT2D eigenvalue weighted by Crippen LogP contribution is 2.30. The first-order chi connectivity index (χ1) is 15.6. The van der Waals surface area contributed by atoms with Crippen LogP contribution in [0.1, 0.15) is 23.6 Å². The predicted octanol–water partition coefficient (Wildman–Crippen LogP) is 6.08. The second-order valence-electron chi connectivity index (χ2n) is 7.11. The number of thiazole rings is 1. The summed E-state index contributed by atoms with van der Waals surface area (Å²) < 4.78 is 6.50. The lowest BCUT2D eigenvalue weighted by Gasteiger charge is -2.11. The number of amides is 1. The van der Waals surface area contributed by atoms with Crippen LogP contribution in [0.15, 0.2) is 84.0 Å². The third kappa shape index (κ3) is 5.28. The van der Waals surface area contributed by atoms with Gasteiger partial charge in [-0.2, -0.15) is 10.1 Å². The number of ether oxygens (including phenoxy) is 1. The zero-order valence-electron chi connectivity index (χ0n) is 17.9. The highest BCUT2D eigenvalue weighted by molar-refractivity contribution is 7.22. The molecule has 1 amide bonds. The zero-order valence-corrected chi connectivity index (χ0v) is 18.8. The van der Waals surface area contributed by atoms with Crippen LogP contribution in [0.25, 0.3) is 16.3 Å². The van der Waals surface area contributed by atoms with Crippen LogP contribution in [0.5, 0.6) is 5.75 Å². The van der Waals surface area contributed by atoms with Crippen LogP contribution >= 0.6 is 11.3 Å². The van der Waals surface area contributed by atoms with Gasteiger partial charge in [-0.15, -0.1) is 0 Å². The van der Waals surface area contributed by atoms with Crippen molar-refractivity contribution in [2.75, 3.05) is 11.6 Å². The number of rotatable bonds is 7. The summed E-state index contributed by atoms with van der Waals surface area (Å²) in [5.41, 5.74) is 3.79. The van der Waals surface area contributed by atoms with Gasteiger partial charge in [-0.1, -0.05) is 47.7 Å². The molecule has 1 heterocycles. The molecule has 0 aliphatic rings. The monoisotopic (exact) mass is 441 g/mol. The van der Waals surface area contributed by atoms with Crippen molar-refractivity contribution in [1.29, 1.82) is 0 Å². The maximum Gasteiger partial charge on any atom is 0.273 e. The molecule has 0 spiro atoms. The van der Waals surface area contributed by atoms with Crippen LogP contribution in [0.2, 0.25) is 0 Å². The maximum atomic E-state index is 13.1. The number of fused-ring (bicyclic) bond motifs is 1. The van der Waals surface area contributed by atoms with E-state index in [0.717, 1.165) is 32.7 Å². The van der Waals surface area contributed by atoms with E-state index >= 15 is 0 Å². The smallest absolute Gasteiger partial charge is 0.273 e. The number of anilines is 1. The number of benzene rings is 3. The summed E-state index contributed by atoms with van der Waals surface area (Å²) >= 11 is 1.44. The zero-order chi connectivity index (χ0) is 22.3. The summed E-state index contributed by atoms with van der Waals surface area (Å²) in [6, 6.07) is 23.3. The summed E-state index contributed by atoms with van der Waals surface area (Å²) in [5.74, 6) is 0.525. The van der Waals surface area contributed by atoms with Gasteiger partial charge in [-0.05, 0) is 73.0 Å². The molecule has 5 nitrogen and oxygen atoms in total. The molecule has 0 radical (unpaired) electrons. The molecule has 4 aromatic rings. The van der Waals surface area contributed by atoms with E-state index in [1.165, 1.54) is 22.4 Å². The molecule has 0 bridgehead atoms. The molecule has 160 valence electrons. The Morgan fingerprint density at radius 2 is 1.84 bits per heavy atom. The number of aryl methyl sites for hydroxylation is 1. The molecular formula is C26H23N3O2S. The molecule has 4 rings (SSSR count). The number of nitrogens with zero attached hydrogens (tertiary/aromatic N) is 3. The number of carbonyl (C=O) groups excluding carboxylic acids is 1. The fraction of sp³-hybridized carbons (Fsp3) is 0.115. The van der Waals surface area contributed by atoms with Crippen molar-refractivity contribution in [3.8, 4) is 5.75 Å². The Kier molecular flexibility index (Phi) is 6.72. The van der Waals surface area contributed by atoms with Crippen molar-refractivity contribution in [2.45, 2.75) is 13.8 Å². The van der Waals surface area contributed by atoms with Gasteiger partial charge in [0.1, 0.15) is 5.75 Å². The van der Waals surface area contributed by atoms with Crippen LogP contribution in [-0.4, -0.2) is 23.7 Å². The van der Waals surface area contributed by atoms with Crippen LogP contribution in [0, 0.1) is 6.92 Å². The third-order valence-electron chi connectivity index (χ3n) is 4.65. The summed E-state index contributed by atoms with van der Waals surface area (Å²) in [4.78, 5) is 17.7. The van der Waals surface area contributed by atoms with Crippen molar-refractivity contribution >= 4 is 44.9 Å². The van der Waals surface area contributed by atoms with Gasteiger partial charge in [0.15, 0.2) is 0 Å². The maximum absolute atomic E-state index is 13.1. The summed E-state index contributed by atoms with van der Waals surface area (Å²) in [6.07, 6.45) is 4.95. The van der Waals surface area contributed by atoms with E-state index in [-0.39, 0.29) is 5.91 Å². The average Bonchev–Trinajstić information content (AvgIpc) is 3.22. The van der Waals surface area contributed by atoms with Gasteiger partial charge >= 0.3 is 0 Å². The Hall–Kier alpha value is -3.77. The number of aromatic nitrogens is 1. The van der Waals surface area contributed by atoms with Crippen LogP contribution in [0.3, 0.4) is 0 Å². The van der Waals surface area contributed by atoms with Crippen LogP contribution in [0.4, 0.5) is 5.13 Å². The molecule has 0 aliphatic carbocycles. The van der Waals surface area contributed by atoms with Crippen LogP contribution in [-0.2, 0) is 4.79 Å². The highest BCUT2D eigenvalue weighted by Gasteiger charge is 2.17. The molecule has 0 atom stereocenters. The number of hydrogen-bond donors (Lipinski definition) is 0. The van der Waals surface area contributed by atoms with Gasteiger partial charge in [-0.3, -0.25) is 4.79 Å². The minimum Gasteiger partial charge on any atom is -0.494 e. The fourth-order valence-electron chi connectivity index (χ4n) is 3.05. The van der Waals surface area contributed by atoms with Gasteiger partial charge in [-0.25, -0.2) is 4.98 Å². The first kappa shape index (κ1) is 21.5. The number of hydrogen-bond acceptors (Lipinski definition) is 5. The lowest BCUT2D eigenvalue weighted by molar-refractivity contribution is -0.114. The summed E-state index contributed by atoms with van der Waals surface area (Å²) in [6.45, 7) is 4.59. The van der Waals surface area contributed by atoms with Crippen LogP contribution < -0.4 is 9.75 Å². The van der Waals surface area contributed by atoms with E-state index < -0.39 is 0 Å². The Labute approximate surface area is 191 Å². The van der Waals surface area contributed by atoms with Gasteiger partial charge in [0.2, 0.25) is 5.13 Å². The Bertz CT molecular complexity index is 1260. The Morgan fingerprint density at radius 3 is 2.59 bits per heavy atom. The normalized spacial score (nSPS) is 11.4. The molecule has 0 fully saturated rings. The standard InChI is InChI=1S/C26H23N3O2S/c1-3-31-22-13-10-21(11-14-22)18-27-29(25(30)16-12-20-7-5-4-6-8-20)26-28-23-15-9-19(2)17-24(23)32-26/h4-18H,3H2,1-2H3/b16-12+,27-18+. The molecule has 1 aromatic heterocycles. The second kappa shape index (κ2) is 10.0. The van der Waals surface area contributed by atoms with Gasteiger partial charge in [0.25, 0.3) is 5.91 Å². The molecule has 0 saturated carbocycles. The molecule has 0 unspecified atom stereocenters. The summed E-state index contributed by atoms with van der Waals surface area (Å²) in [7, 11) is 0. The molecule has 0 saturated heterocycles.